The molecule has 1 heterocycles. The molecule has 42 heavy (non-hydrogen) atoms. The van der Waals surface area contributed by atoms with Crippen LogP contribution >= 0.6 is 0 Å². The van der Waals surface area contributed by atoms with Crippen LogP contribution in [0.2, 0.25) is 39.3 Å². The van der Waals surface area contributed by atoms with Crippen molar-refractivity contribution in [1.29, 1.82) is 0 Å². The molecule has 0 aliphatic carbocycles. The molecule has 3 nitrogen and oxygen atoms in total. The molecule has 0 aliphatic rings. The average Bonchev–Trinajstić information content (AvgIpc) is 2.92. The van der Waals surface area contributed by atoms with Crippen molar-refractivity contribution in [2.45, 2.75) is 67.0 Å². The van der Waals surface area contributed by atoms with E-state index in [0.717, 1.165) is 16.8 Å². The summed E-state index contributed by atoms with van der Waals surface area (Å²) in [6.07, 6.45) is 1.31. The number of hydrogen-bond donors (Lipinski definition) is 1. The summed E-state index contributed by atoms with van der Waals surface area (Å²) in [5, 5.41) is 13.3. The number of allylic oxidation sites excluding steroid dienone is 2. The van der Waals surface area contributed by atoms with Crippen LogP contribution in [0.4, 0.5) is 0 Å². The first-order valence-corrected chi connectivity index (χ1v) is 21.6. The van der Waals surface area contributed by atoms with Crippen LogP contribution in [-0.2, 0) is 24.9 Å². The van der Waals surface area contributed by atoms with Gasteiger partial charge in [-0.3, -0.25) is 9.78 Å². The molecule has 0 spiro atoms. The maximum absolute atomic E-state index is 11.0. The van der Waals surface area contributed by atoms with Crippen LogP contribution < -0.4 is 10.4 Å². The monoisotopic (exact) mass is 773 g/mol. The van der Waals surface area contributed by atoms with Crippen LogP contribution in [0.1, 0.15) is 27.7 Å². The smallest absolute Gasteiger partial charge is 0.161 e. The van der Waals surface area contributed by atoms with Crippen molar-refractivity contribution in [2.24, 2.45) is 11.8 Å². The third-order valence-electron chi connectivity index (χ3n) is 7.16. The molecule has 0 bridgehead atoms. The molecule has 0 unspecified atom stereocenters. The van der Waals surface area contributed by atoms with E-state index in [1.807, 2.05) is 27.7 Å². The quantitative estimate of drug-likeness (QED) is 0.0885. The molecule has 6 heteroatoms. The molecular formula is C36H46IrNO2Si2-. The Morgan fingerprint density at radius 3 is 1.90 bits per heavy atom. The van der Waals surface area contributed by atoms with Gasteiger partial charge in [0.25, 0.3) is 0 Å². The molecule has 0 saturated heterocycles. The van der Waals surface area contributed by atoms with Gasteiger partial charge in [-0.1, -0.05) is 121 Å². The fraction of sp³-hybridized carbons (Fsp3) is 0.333. The zero-order valence-corrected chi connectivity index (χ0v) is 31.2. The summed E-state index contributed by atoms with van der Waals surface area (Å²) in [6, 6.07) is 29.9. The van der Waals surface area contributed by atoms with Gasteiger partial charge in [0.15, 0.2) is 5.78 Å². The molecule has 1 radical (unpaired) electrons. The Morgan fingerprint density at radius 2 is 1.40 bits per heavy atom. The maximum Gasteiger partial charge on any atom is 0.161 e. The summed E-state index contributed by atoms with van der Waals surface area (Å²) in [7, 11) is -2.74. The Labute approximate surface area is 268 Å². The standard InChI is InChI=1S/C27H30NSi2.C9H16O2.Ir/c1-29(2,3)22-14-12-21(13-15-22)27-19-24(20-10-8-7-9-11-20)25-18-23(30(4,5)6)16-17-26(25)28-27;1-6(2)8(10)5-9(11)7(3)4;/h7-12,14-19H,1-6H3;5-7,10H,1-4H3;/q-1;;/b;8-5-;. The van der Waals surface area contributed by atoms with E-state index in [1.165, 1.54) is 33.0 Å². The number of nitrogens with zero attached hydrogens (tertiary/aromatic N) is 1. The SMILES string of the molecule is CC(C)C(=O)/C=C(\O)C(C)C.C[Si](C)(C)c1c[c-]c(-c2cc(-c3ccccc3)c3cc([Si](C)(C)C)ccc3n2)cc1.[Ir]. The van der Waals surface area contributed by atoms with Crippen molar-refractivity contribution in [2.75, 3.05) is 0 Å². The van der Waals surface area contributed by atoms with Crippen LogP contribution in [0.15, 0.2) is 84.6 Å². The number of fused-ring (bicyclic) bond motifs is 1. The fourth-order valence-electron chi connectivity index (χ4n) is 4.22. The zero-order valence-electron chi connectivity index (χ0n) is 26.8. The number of aromatic nitrogens is 1. The van der Waals surface area contributed by atoms with Crippen molar-refractivity contribution in [3.8, 4) is 22.4 Å². The molecule has 0 fully saturated rings. The minimum atomic E-state index is -1.41. The Hall–Kier alpha value is -2.64. The number of aliphatic hydroxyl groups is 1. The van der Waals surface area contributed by atoms with Gasteiger partial charge in [-0.25, -0.2) is 0 Å². The molecular weight excluding hydrogens is 727 g/mol. The molecule has 0 atom stereocenters. The summed E-state index contributed by atoms with van der Waals surface area (Å²) < 4.78 is 0. The average molecular weight is 773 g/mol. The third kappa shape index (κ3) is 9.43. The van der Waals surface area contributed by atoms with E-state index in [0.29, 0.717) is 0 Å². The molecule has 3 aromatic carbocycles. The molecule has 0 aliphatic heterocycles. The molecule has 1 aromatic heterocycles. The number of rotatable bonds is 7. The molecule has 1 N–H and O–H groups in total. The first-order chi connectivity index (χ1) is 19.1. The van der Waals surface area contributed by atoms with E-state index in [2.05, 4.69) is 118 Å². The number of pyridine rings is 1. The van der Waals surface area contributed by atoms with Crippen molar-refractivity contribution in [1.82, 2.24) is 4.98 Å². The van der Waals surface area contributed by atoms with Crippen LogP contribution in [0.25, 0.3) is 33.3 Å². The minimum Gasteiger partial charge on any atom is -0.512 e. The van der Waals surface area contributed by atoms with Gasteiger partial charge in [0.2, 0.25) is 0 Å². The van der Waals surface area contributed by atoms with E-state index in [1.54, 1.807) is 0 Å². The molecule has 4 rings (SSSR count). The van der Waals surface area contributed by atoms with Crippen LogP contribution in [0.3, 0.4) is 0 Å². The molecule has 0 amide bonds. The van der Waals surface area contributed by atoms with E-state index in [-0.39, 0.29) is 43.5 Å². The molecule has 0 saturated carbocycles. The number of carbonyl (C=O) groups excluding carboxylic acids is 1. The number of benzene rings is 3. The minimum absolute atomic E-state index is 0. The van der Waals surface area contributed by atoms with E-state index in [4.69, 9.17) is 4.98 Å². The Kier molecular flexibility index (Phi) is 12.4. The van der Waals surface area contributed by atoms with E-state index < -0.39 is 16.1 Å². The van der Waals surface area contributed by atoms with E-state index >= 15 is 0 Å². The van der Waals surface area contributed by atoms with Crippen molar-refractivity contribution < 1.29 is 30.0 Å². The van der Waals surface area contributed by atoms with Crippen molar-refractivity contribution >= 4 is 43.2 Å². The summed E-state index contributed by atoms with van der Waals surface area (Å²) in [5.74, 6) is 0.161. The predicted molar refractivity (Wildman–Crippen MR) is 183 cm³/mol. The predicted octanol–water partition coefficient (Wildman–Crippen LogP) is 8.77. The van der Waals surface area contributed by atoms with Crippen LogP contribution in [0, 0.1) is 17.9 Å². The van der Waals surface area contributed by atoms with E-state index in [9.17, 15) is 9.90 Å². The van der Waals surface area contributed by atoms with Crippen molar-refractivity contribution in [3.63, 3.8) is 0 Å². The third-order valence-corrected chi connectivity index (χ3v) is 11.3. The van der Waals surface area contributed by atoms with Gasteiger partial charge < -0.3 is 5.11 Å². The summed E-state index contributed by atoms with van der Waals surface area (Å²) in [5.41, 5.74) is 5.58. The van der Waals surface area contributed by atoms with Crippen molar-refractivity contribution in [3.05, 3.63) is 90.7 Å². The summed E-state index contributed by atoms with van der Waals surface area (Å²) >= 11 is 0. The Balaban J connectivity index is 0.000000440. The Morgan fingerprint density at radius 1 is 0.810 bits per heavy atom. The summed E-state index contributed by atoms with van der Waals surface area (Å²) in [4.78, 5) is 16.1. The number of ketones is 1. The van der Waals surface area contributed by atoms with Gasteiger partial charge in [0, 0.05) is 51.5 Å². The van der Waals surface area contributed by atoms with Gasteiger partial charge in [-0.2, -0.15) is 0 Å². The van der Waals surface area contributed by atoms with Gasteiger partial charge in [0.05, 0.1) is 19.3 Å². The summed E-state index contributed by atoms with van der Waals surface area (Å²) in [6.45, 7) is 21.6. The number of carbonyl (C=O) groups is 1. The largest absolute Gasteiger partial charge is 0.512 e. The zero-order chi connectivity index (χ0) is 30.5. The first kappa shape index (κ1) is 35.6. The van der Waals surface area contributed by atoms with Gasteiger partial charge in [-0.05, 0) is 22.9 Å². The topological polar surface area (TPSA) is 50.2 Å². The maximum atomic E-state index is 11.0. The number of aliphatic hydroxyl groups excluding tert-OH is 1. The first-order valence-electron chi connectivity index (χ1n) is 14.6. The van der Waals surface area contributed by atoms with Crippen LogP contribution in [-0.4, -0.2) is 32.0 Å². The second-order valence-corrected chi connectivity index (χ2v) is 23.6. The fourth-order valence-corrected chi connectivity index (χ4v) is 6.47. The normalized spacial score (nSPS) is 12.1. The molecule has 4 aromatic rings. The second kappa shape index (κ2) is 14.7. The number of hydrogen-bond acceptors (Lipinski definition) is 3. The van der Waals surface area contributed by atoms with Gasteiger partial charge in [-0.15, -0.1) is 35.0 Å². The molecule has 225 valence electrons. The van der Waals surface area contributed by atoms with Gasteiger partial charge >= 0.3 is 0 Å². The van der Waals surface area contributed by atoms with Crippen LogP contribution in [0.5, 0.6) is 0 Å². The Bertz CT molecular complexity index is 1510. The second-order valence-electron chi connectivity index (χ2n) is 13.4. The van der Waals surface area contributed by atoms with Gasteiger partial charge in [0.1, 0.15) is 0 Å².